The van der Waals surface area contributed by atoms with Gasteiger partial charge in [0.25, 0.3) is 11.8 Å². The van der Waals surface area contributed by atoms with Gasteiger partial charge < -0.3 is 14.8 Å². The average molecular weight is 419 g/mol. The SMILES string of the molecule is O=C(NCc1ccccc1)c1nnc2n1C[C@@H]1CN(C(=O)c3ccc(F)cc3)C[C@@H]1C2. The van der Waals surface area contributed by atoms with Gasteiger partial charge in [0.2, 0.25) is 5.82 Å². The summed E-state index contributed by atoms with van der Waals surface area (Å²) in [5.74, 6) is 0.900. The first-order chi connectivity index (χ1) is 15.1. The Kier molecular flexibility index (Phi) is 4.97. The standard InChI is InChI=1S/C23H22FN5O2/c24-19-8-6-16(7-9-19)23(31)28-12-17-10-20-26-27-21(29(20)14-18(17)13-28)22(30)25-11-15-4-2-1-3-5-15/h1-9,17-18H,10-14H2,(H,25,30)/t17-,18-/m0/s1. The summed E-state index contributed by atoms with van der Waals surface area (Å²) in [4.78, 5) is 27.3. The first kappa shape index (κ1) is 19.4. The molecule has 2 aliphatic heterocycles. The van der Waals surface area contributed by atoms with Gasteiger partial charge in [-0.2, -0.15) is 0 Å². The minimum Gasteiger partial charge on any atom is -0.345 e. The molecule has 0 unspecified atom stereocenters. The van der Waals surface area contributed by atoms with Gasteiger partial charge in [-0.25, -0.2) is 4.39 Å². The summed E-state index contributed by atoms with van der Waals surface area (Å²) >= 11 is 0. The summed E-state index contributed by atoms with van der Waals surface area (Å²) in [6.45, 7) is 2.26. The van der Waals surface area contributed by atoms with Crippen LogP contribution in [0.2, 0.25) is 0 Å². The highest BCUT2D eigenvalue weighted by Crippen LogP contribution is 2.33. The largest absolute Gasteiger partial charge is 0.345 e. The quantitative estimate of drug-likeness (QED) is 0.704. The van der Waals surface area contributed by atoms with Gasteiger partial charge in [0.05, 0.1) is 0 Å². The molecule has 3 heterocycles. The molecule has 31 heavy (non-hydrogen) atoms. The Hall–Kier alpha value is -3.55. The maximum atomic E-state index is 13.2. The molecule has 1 N–H and O–H groups in total. The molecule has 0 aliphatic carbocycles. The van der Waals surface area contributed by atoms with Crippen LogP contribution in [0.25, 0.3) is 0 Å². The number of nitrogens with zero attached hydrogens (tertiary/aromatic N) is 4. The van der Waals surface area contributed by atoms with E-state index in [1.54, 1.807) is 0 Å². The predicted octanol–water partition coefficient (Wildman–Crippen LogP) is 2.29. The van der Waals surface area contributed by atoms with E-state index >= 15 is 0 Å². The Bertz CT molecular complexity index is 1110. The molecule has 2 aliphatic rings. The highest BCUT2D eigenvalue weighted by molar-refractivity contribution is 5.94. The number of benzene rings is 2. The van der Waals surface area contributed by atoms with Crippen molar-refractivity contribution in [1.82, 2.24) is 25.0 Å². The van der Waals surface area contributed by atoms with Crippen molar-refractivity contribution in [1.29, 1.82) is 0 Å². The molecule has 2 aromatic carbocycles. The highest BCUT2D eigenvalue weighted by atomic mass is 19.1. The summed E-state index contributed by atoms with van der Waals surface area (Å²) in [6.07, 6.45) is 0.677. The summed E-state index contributed by atoms with van der Waals surface area (Å²) < 4.78 is 15.0. The second-order valence-electron chi connectivity index (χ2n) is 8.16. The smallest absolute Gasteiger partial charge is 0.289 e. The van der Waals surface area contributed by atoms with E-state index in [1.807, 2.05) is 39.8 Å². The Labute approximate surface area is 178 Å². The molecule has 0 saturated carbocycles. The molecule has 0 radical (unpaired) electrons. The number of halogens is 1. The number of nitrogens with one attached hydrogen (secondary N) is 1. The lowest BCUT2D eigenvalue weighted by Gasteiger charge is -2.25. The van der Waals surface area contributed by atoms with Crippen molar-refractivity contribution in [3.8, 4) is 0 Å². The number of aromatic nitrogens is 3. The molecule has 2 atom stereocenters. The zero-order valence-electron chi connectivity index (χ0n) is 16.9. The highest BCUT2D eigenvalue weighted by Gasteiger charge is 2.40. The molecular formula is C23H22FN5O2. The molecule has 1 fully saturated rings. The van der Waals surface area contributed by atoms with Gasteiger partial charge in [-0.15, -0.1) is 10.2 Å². The average Bonchev–Trinajstić information content (AvgIpc) is 3.40. The maximum Gasteiger partial charge on any atom is 0.289 e. The van der Waals surface area contributed by atoms with Crippen LogP contribution in [0.4, 0.5) is 4.39 Å². The summed E-state index contributed by atoms with van der Waals surface area (Å²) in [7, 11) is 0. The van der Waals surface area contributed by atoms with Gasteiger partial charge in [-0.05, 0) is 41.7 Å². The van der Waals surface area contributed by atoms with Crippen molar-refractivity contribution in [2.24, 2.45) is 11.8 Å². The Balaban J connectivity index is 1.26. The van der Waals surface area contributed by atoms with E-state index in [0.717, 1.165) is 11.4 Å². The Morgan fingerprint density at radius 3 is 2.48 bits per heavy atom. The molecule has 2 amide bonds. The monoisotopic (exact) mass is 419 g/mol. The predicted molar refractivity (Wildman–Crippen MR) is 111 cm³/mol. The minimum atomic E-state index is -0.359. The third-order valence-electron chi connectivity index (χ3n) is 6.14. The molecule has 0 bridgehead atoms. The molecule has 1 aromatic heterocycles. The van der Waals surface area contributed by atoms with Crippen LogP contribution in [0.15, 0.2) is 54.6 Å². The number of amides is 2. The number of likely N-dealkylation sites (tertiary alicyclic amines) is 1. The zero-order valence-corrected chi connectivity index (χ0v) is 16.9. The van der Waals surface area contributed by atoms with Gasteiger partial charge in [-0.3, -0.25) is 9.59 Å². The number of hydrogen-bond donors (Lipinski definition) is 1. The van der Waals surface area contributed by atoms with Crippen LogP contribution in [0, 0.1) is 17.7 Å². The van der Waals surface area contributed by atoms with Crippen molar-refractivity contribution in [2.75, 3.05) is 13.1 Å². The lowest BCUT2D eigenvalue weighted by molar-refractivity contribution is 0.0782. The van der Waals surface area contributed by atoms with E-state index in [-0.39, 0.29) is 29.5 Å². The van der Waals surface area contributed by atoms with E-state index in [4.69, 9.17) is 0 Å². The van der Waals surface area contributed by atoms with Gasteiger partial charge in [0.15, 0.2) is 0 Å². The second kappa shape index (κ2) is 7.94. The number of fused-ring (bicyclic) bond motifs is 2. The third kappa shape index (κ3) is 3.81. The maximum absolute atomic E-state index is 13.2. The molecule has 7 nitrogen and oxygen atoms in total. The van der Waals surface area contributed by atoms with E-state index in [9.17, 15) is 14.0 Å². The van der Waals surface area contributed by atoms with E-state index in [2.05, 4.69) is 15.5 Å². The van der Waals surface area contributed by atoms with E-state index < -0.39 is 0 Å². The molecule has 0 spiro atoms. The van der Waals surface area contributed by atoms with Crippen LogP contribution in [0.3, 0.4) is 0 Å². The van der Waals surface area contributed by atoms with Gasteiger partial charge in [-0.1, -0.05) is 30.3 Å². The third-order valence-corrected chi connectivity index (χ3v) is 6.14. The number of rotatable bonds is 4. The lowest BCUT2D eigenvalue weighted by atomic mass is 9.89. The van der Waals surface area contributed by atoms with Crippen LogP contribution in [-0.2, 0) is 19.5 Å². The van der Waals surface area contributed by atoms with Gasteiger partial charge in [0.1, 0.15) is 11.6 Å². The first-order valence-electron chi connectivity index (χ1n) is 10.4. The van der Waals surface area contributed by atoms with Gasteiger partial charge in [0, 0.05) is 38.2 Å². The van der Waals surface area contributed by atoms with Crippen LogP contribution >= 0.6 is 0 Å². The number of hydrogen-bond acceptors (Lipinski definition) is 4. The van der Waals surface area contributed by atoms with Crippen LogP contribution < -0.4 is 5.32 Å². The fourth-order valence-corrected chi connectivity index (χ4v) is 4.49. The van der Waals surface area contributed by atoms with Crippen molar-refractivity contribution < 1.29 is 14.0 Å². The van der Waals surface area contributed by atoms with Gasteiger partial charge >= 0.3 is 0 Å². The summed E-state index contributed by atoms with van der Waals surface area (Å²) in [5, 5.41) is 11.3. The van der Waals surface area contributed by atoms with Crippen molar-refractivity contribution in [3.05, 3.63) is 83.2 Å². The molecule has 3 aromatic rings. The van der Waals surface area contributed by atoms with Crippen LogP contribution in [-0.4, -0.2) is 44.6 Å². The molecular weight excluding hydrogens is 397 g/mol. The van der Waals surface area contributed by atoms with Crippen LogP contribution in [0.1, 0.15) is 32.4 Å². The molecule has 5 rings (SSSR count). The summed E-state index contributed by atoms with van der Waals surface area (Å²) in [6, 6.07) is 15.3. The van der Waals surface area contributed by atoms with Crippen molar-refractivity contribution in [2.45, 2.75) is 19.5 Å². The van der Waals surface area contributed by atoms with Crippen molar-refractivity contribution >= 4 is 11.8 Å². The first-order valence-corrected chi connectivity index (χ1v) is 10.4. The minimum absolute atomic E-state index is 0.0917. The second-order valence-corrected chi connectivity index (χ2v) is 8.16. The van der Waals surface area contributed by atoms with E-state index in [0.29, 0.717) is 44.0 Å². The molecule has 1 saturated heterocycles. The Morgan fingerprint density at radius 2 is 1.71 bits per heavy atom. The van der Waals surface area contributed by atoms with E-state index in [1.165, 1.54) is 24.3 Å². The summed E-state index contributed by atoms with van der Waals surface area (Å²) in [5.41, 5.74) is 1.50. The zero-order chi connectivity index (χ0) is 21.4. The fourth-order valence-electron chi connectivity index (χ4n) is 4.49. The Morgan fingerprint density at radius 1 is 0.968 bits per heavy atom. The topological polar surface area (TPSA) is 80.1 Å². The normalized spacial score (nSPS) is 19.6. The fraction of sp³-hybridized carbons (Fsp3) is 0.304. The lowest BCUT2D eigenvalue weighted by Crippen LogP contribution is -2.33. The molecule has 158 valence electrons. The number of carbonyl (C=O) groups excluding carboxylic acids is 2. The van der Waals surface area contributed by atoms with Crippen LogP contribution in [0.5, 0.6) is 0 Å². The molecule has 8 heteroatoms. The number of carbonyl (C=O) groups is 2. The van der Waals surface area contributed by atoms with Crippen molar-refractivity contribution in [3.63, 3.8) is 0 Å².